The fourth-order valence-electron chi connectivity index (χ4n) is 3.04. The minimum absolute atomic E-state index is 0.172. The van der Waals surface area contributed by atoms with Gasteiger partial charge in [-0.25, -0.2) is 9.78 Å². The van der Waals surface area contributed by atoms with Gasteiger partial charge >= 0.3 is 5.97 Å². The molecular weight excluding hydrogens is 372 g/mol. The largest absolute Gasteiger partial charge is 0.486 e. The molecule has 0 N–H and O–H groups in total. The standard InChI is InChI=1S/C22H20N2O5/c1-24(13-15-6-9-19-20(12-15)28-11-10-27-19)21(25)14-29-22(26)18-8-7-16-4-2-3-5-17(16)23-18/h2-9,12H,10-11,13-14H2,1H3. The Morgan fingerprint density at radius 2 is 1.83 bits per heavy atom. The summed E-state index contributed by atoms with van der Waals surface area (Å²) >= 11 is 0. The smallest absolute Gasteiger partial charge is 0.357 e. The highest BCUT2D eigenvalue weighted by molar-refractivity contribution is 5.92. The van der Waals surface area contributed by atoms with Crippen LogP contribution in [0.1, 0.15) is 16.1 Å². The van der Waals surface area contributed by atoms with Gasteiger partial charge in [0.2, 0.25) is 0 Å². The number of esters is 1. The van der Waals surface area contributed by atoms with Gasteiger partial charge in [-0.15, -0.1) is 0 Å². The third kappa shape index (κ3) is 4.29. The Morgan fingerprint density at radius 3 is 2.69 bits per heavy atom. The lowest BCUT2D eigenvalue weighted by molar-refractivity contribution is -0.133. The molecule has 0 bridgehead atoms. The summed E-state index contributed by atoms with van der Waals surface area (Å²) < 4.78 is 16.2. The van der Waals surface area contributed by atoms with Gasteiger partial charge in [-0.2, -0.15) is 0 Å². The van der Waals surface area contributed by atoms with Crippen LogP contribution in [0.25, 0.3) is 10.9 Å². The topological polar surface area (TPSA) is 78.0 Å². The summed E-state index contributed by atoms with van der Waals surface area (Å²) in [7, 11) is 1.65. The van der Waals surface area contributed by atoms with Crippen LogP contribution in [0.2, 0.25) is 0 Å². The summed E-state index contributed by atoms with van der Waals surface area (Å²) in [6.45, 7) is 1.04. The predicted octanol–water partition coefficient (Wildman–Crippen LogP) is 2.82. The Labute approximate surface area is 167 Å². The number of benzene rings is 2. The van der Waals surface area contributed by atoms with Crippen molar-refractivity contribution in [1.82, 2.24) is 9.88 Å². The second kappa shape index (κ2) is 8.18. The van der Waals surface area contributed by atoms with Crippen LogP contribution < -0.4 is 9.47 Å². The van der Waals surface area contributed by atoms with Gasteiger partial charge in [0.05, 0.1) is 5.52 Å². The maximum Gasteiger partial charge on any atom is 0.357 e. The minimum Gasteiger partial charge on any atom is -0.486 e. The molecule has 2 heterocycles. The maximum atomic E-state index is 12.4. The third-order valence-electron chi connectivity index (χ3n) is 4.59. The van der Waals surface area contributed by atoms with Crippen molar-refractivity contribution < 1.29 is 23.8 Å². The number of hydrogen-bond donors (Lipinski definition) is 0. The van der Waals surface area contributed by atoms with Gasteiger partial charge < -0.3 is 19.1 Å². The van der Waals surface area contributed by atoms with Crippen LogP contribution in [-0.2, 0) is 16.1 Å². The zero-order valence-electron chi connectivity index (χ0n) is 16.0. The van der Waals surface area contributed by atoms with Crippen LogP contribution in [-0.4, -0.2) is 48.6 Å². The Kier molecular flexibility index (Phi) is 5.29. The fourth-order valence-corrected chi connectivity index (χ4v) is 3.04. The molecule has 29 heavy (non-hydrogen) atoms. The van der Waals surface area contributed by atoms with Crippen LogP contribution >= 0.6 is 0 Å². The van der Waals surface area contributed by atoms with Crippen molar-refractivity contribution in [3.05, 3.63) is 65.9 Å². The molecule has 1 aromatic heterocycles. The fraction of sp³-hybridized carbons (Fsp3) is 0.227. The van der Waals surface area contributed by atoms with E-state index in [1.807, 2.05) is 42.5 Å². The SMILES string of the molecule is CN(Cc1ccc2c(c1)OCCO2)C(=O)COC(=O)c1ccc2ccccc2n1. The molecule has 0 unspecified atom stereocenters. The minimum atomic E-state index is -0.628. The second-order valence-corrected chi connectivity index (χ2v) is 6.69. The van der Waals surface area contributed by atoms with Crippen molar-refractivity contribution >= 4 is 22.8 Å². The van der Waals surface area contributed by atoms with Crippen LogP contribution in [0.5, 0.6) is 11.5 Å². The van der Waals surface area contributed by atoms with Crippen molar-refractivity contribution in [3.63, 3.8) is 0 Å². The number of ether oxygens (including phenoxy) is 3. The van der Waals surface area contributed by atoms with Gasteiger partial charge in [0, 0.05) is 19.0 Å². The molecule has 7 heteroatoms. The normalized spacial score (nSPS) is 12.4. The molecular formula is C22H20N2O5. The molecule has 2 aromatic carbocycles. The highest BCUT2D eigenvalue weighted by Crippen LogP contribution is 2.31. The first-order chi connectivity index (χ1) is 14.1. The van der Waals surface area contributed by atoms with Gasteiger partial charge in [0.15, 0.2) is 18.1 Å². The van der Waals surface area contributed by atoms with Gasteiger partial charge in [-0.05, 0) is 29.8 Å². The van der Waals surface area contributed by atoms with E-state index in [0.717, 1.165) is 10.9 Å². The van der Waals surface area contributed by atoms with E-state index in [-0.39, 0.29) is 18.2 Å². The number of rotatable bonds is 5. The Bertz CT molecular complexity index is 1070. The van der Waals surface area contributed by atoms with E-state index in [1.165, 1.54) is 4.90 Å². The number of likely N-dealkylation sites (N-methyl/N-ethyl adjacent to an activating group) is 1. The lowest BCUT2D eigenvalue weighted by Crippen LogP contribution is -2.31. The third-order valence-corrected chi connectivity index (χ3v) is 4.59. The molecule has 4 rings (SSSR count). The number of amides is 1. The van der Waals surface area contributed by atoms with E-state index in [9.17, 15) is 9.59 Å². The van der Waals surface area contributed by atoms with E-state index in [0.29, 0.717) is 36.8 Å². The molecule has 148 valence electrons. The molecule has 1 amide bonds. The maximum absolute atomic E-state index is 12.4. The summed E-state index contributed by atoms with van der Waals surface area (Å²) in [4.78, 5) is 30.4. The predicted molar refractivity (Wildman–Crippen MR) is 106 cm³/mol. The number of carbonyl (C=O) groups is 2. The highest BCUT2D eigenvalue weighted by Gasteiger charge is 2.17. The molecule has 1 aliphatic rings. The first kappa shape index (κ1) is 18.7. The molecule has 0 atom stereocenters. The second-order valence-electron chi connectivity index (χ2n) is 6.69. The van der Waals surface area contributed by atoms with E-state index < -0.39 is 5.97 Å². The molecule has 0 radical (unpaired) electrons. The number of fused-ring (bicyclic) bond motifs is 2. The molecule has 7 nitrogen and oxygen atoms in total. The number of nitrogens with zero attached hydrogens (tertiary/aromatic N) is 2. The van der Waals surface area contributed by atoms with Crippen LogP contribution in [0, 0.1) is 0 Å². The number of hydrogen-bond acceptors (Lipinski definition) is 6. The highest BCUT2D eigenvalue weighted by atomic mass is 16.6. The van der Waals surface area contributed by atoms with Crippen LogP contribution in [0.4, 0.5) is 0 Å². The van der Waals surface area contributed by atoms with Gasteiger partial charge in [-0.1, -0.05) is 30.3 Å². The lowest BCUT2D eigenvalue weighted by atomic mass is 10.2. The quantitative estimate of drug-likeness (QED) is 0.622. The van der Waals surface area contributed by atoms with Gasteiger partial charge in [0.1, 0.15) is 18.9 Å². The summed E-state index contributed by atoms with van der Waals surface area (Å²) in [5.41, 5.74) is 1.77. The summed E-state index contributed by atoms with van der Waals surface area (Å²) in [6, 6.07) is 16.4. The number of pyridine rings is 1. The van der Waals surface area contributed by atoms with Gasteiger partial charge in [-0.3, -0.25) is 4.79 Å². The van der Waals surface area contributed by atoms with Crippen molar-refractivity contribution in [2.45, 2.75) is 6.54 Å². The van der Waals surface area contributed by atoms with E-state index in [2.05, 4.69) is 4.98 Å². The molecule has 0 aliphatic carbocycles. The molecule has 1 aliphatic heterocycles. The van der Waals surface area contributed by atoms with Crippen molar-refractivity contribution in [1.29, 1.82) is 0 Å². The molecule has 0 spiro atoms. The van der Waals surface area contributed by atoms with E-state index in [1.54, 1.807) is 19.2 Å². The summed E-state index contributed by atoms with van der Waals surface area (Å²) in [6.07, 6.45) is 0. The number of para-hydroxylation sites is 1. The van der Waals surface area contributed by atoms with E-state index in [4.69, 9.17) is 14.2 Å². The van der Waals surface area contributed by atoms with Crippen molar-refractivity contribution in [3.8, 4) is 11.5 Å². The zero-order valence-corrected chi connectivity index (χ0v) is 16.0. The number of aromatic nitrogens is 1. The molecule has 0 fully saturated rings. The summed E-state index contributed by atoms with van der Waals surface area (Å²) in [5, 5.41) is 0.930. The summed E-state index contributed by atoms with van der Waals surface area (Å²) in [5.74, 6) is 0.431. The average Bonchev–Trinajstić information content (AvgIpc) is 2.76. The first-order valence-electron chi connectivity index (χ1n) is 9.25. The Hall–Kier alpha value is -3.61. The Morgan fingerprint density at radius 1 is 1.03 bits per heavy atom. The zero-order chi connectivity index (χ0) is 20.2. The molecule has 3 aromatic rings. The van der Waals surface area contributed by atoms with Crippen LogP contribution in [0.3, 0.4) is 0 Å². The average molecular weight is 392 g/mol. The number of carbonyl (C=O) groups excluding carboxylic acids is 2. The van der Waals surface area contributed by atoms with Gasteiger partial charge in [0.25, 0.3) is 5.91 Å². The molecule has 0 saturated heterocycles. The Balaban J connectivity index is 1.34. The monoisotopic (exact) mass is 392 g/mol. The first-order valence-corrected chi connectivity index (χ1v) is 9.25. The molecule has 0 saturated carbocycles. The van der Waals surface area contributed by atoms with Crippen molar-refractivity contribution in [2.24, 2.45) is 0 Å². The van der Waals surface area contributed by atoms with E-state index >= 15 is 0 Å². The van der Waals surface area contributed by atoms with Crippen molar-refractivity contribution in [2.75, 3.05) is 26.9 Å². The van der Waals surface area contributed by atoms with Crippen LogP contribution in [0.15, 0.2) is 54.6 Å². The lowest BCUT2D eigenvalue weighted by Gasteiger charge is -2.21.